The fourth-order valence-electron chi connectivity index (χ4n) is 4.87. The fourth-order valence-corrected chi connectivity index (χ4v) is 6.50. The van der Waals surface area contributed by atoms with E-state index in [0.29, 0.717) is 22.9 Å². The second kappa shape index (κ2) is 10.6. The molecule has 1 unspecified atom stereocenters. The van der Waals surface area contributed by atoms with Gasteiger partial charge in [-0.3, -0.25) is 8.98 Å². The number of aryl methyl sites for hydroxylation is 1. The Morgan fingerprint density at radius 2 is 2.05 bits per heavy atom. The minimum absolute atomic E-state index is 0.223. The molecule has 10 nitrogen and oxygen atoms in total. The number of nitrogens with one attached hydrogen (secondary N) is 2. The summed E-state index contributed by atoms with van der Waals surface area (Å²) in [6, 6.07) is 9.75. The molecule has 1 aliphatic carbocycles. The number of anilines is 1. The van der Waals surface area contributed by atoms with Gasteiger partial charge in [0.15, 0.2) is 0 Å². The van der Waals surface area contributed by atoms with Crippen molar-refractivity contribution in [3.8, 4) is 0 Å². The molecule has 12 heteroatoms. The summed E-state index contributed by atoms with van der Waals surface area (Å²) in [5.74, 6) is 0.0943. The fraction of sp³-hybridized carbons (Fsp3) is 0.400. The number of fused-ring (bicyclic) bond motifs is 1. The highest BCUT2D eigenvalue weighted by molar-refractivity contribution is 7.84. The molecule has 1 saturated carbocycles. The molecule has 3 heterocycles. The Morgan fingerprint density at radius 1 is 1.24 bits per heavy atom. The van der Waals surface area contributed by atoms with E-state index in [4.69, 9.17) is 8.92 Å². The molecule has 0 amide bonds. The van der Waals surface area contributed by atoms with Crippen LogP contribution in [0.2, 0.25) is 0 Å². The lowest BCUT2D eigenvalue weighted by Crippen LogP contribution is -2.31. The minimum Gasteiger partial charge on any atom is -0.390 e. The van der Waals surface area contributed by atoms with Crippen LogP contribution in [-0.4, -0.2) is 61.2 Å². The number of aliphatic hydroxyl groups is 1. The highest BCUT2D eigenvalue weighted by Gasteiger charge is 2.37. The number of carbonyl (C=O) groups is 1. The van der Waals surface area contributed by atoms with Gasteiger partial charge in [-0.15, -0.1) is 11.3 Å². The van der Waals surface area contributed by atoms with Gasteiger partial charge in [0.05, 0.1) is 23.2 Å². The molecule has 0 radical (unpaired) electrons. The van der Waals surface area contributed by atoms with Gasteiger partial charge in [0.25, 0.3) is 0 Å². The van der Waals surface area contributed by atoms with Gasteiger partial charge in [-0.05, 0) is 48.9 Å². The van der Waals surface area contributed by atoms with E-state index >= 15 is 0 Å². The zero-order valence-corrected chi connectivity index (χ0v) is 22.0. The third-order valence-electron chi connectivity index (χ3n) is 6.73. The number of hydrogen-bond acceptors (Lipinski definition) is 10. The van der Waals surface area contributed by atoms with Crippen LogP contribution in [0.5, 0.6) is 0 Å². The van der Waals surface area contributed by atoms with Crippen molar-refractivity contribution < 1.29 is 27.2 Å². The molecular weight excluding hydrogens is 516 g/mol. The third kappa shape index (κ3) is 5.44. The zero-order chi connectivity index (χ0) is 26.2. The second-order valence-electron chi connectivity index (χ2n) is 9.11. The molecule has 2 aliphatic rings. The summed E-state index contributed by atoms with van der Waals surface area (Å²) in [5.41, 5.74) is 3.64. The zero-order valence-electron chi connectivity index (χ0n) is 20.4. The van der Waals surface area contributed by atoms with E-state index in [1.165, 1.54) is 36.5 Å². The SMILES string of the molecule is CNS(=O)(=O)O[C@@H]1C[C@H](Nc2ncncc2C(=O)c2cc(C3OCCc4ccccc43)c(C)s2)C[C@@H]1O. The van der Waals surface area contributed by atoms with Crippen molar-refractivity contribution in [1.29, 1.82) is 0 Å². The number of hydrogen-bond donors (Lipinski definition) is 3. The second-order valence-corrected chi connectivity index (χ2v) is 11.9. The lowest BCUT2D eigenvalue weighted by molar-refractivity contribution is 0.0636. The van der Waals surface area contributed by atoms with Gasteiger partial charge < -0.3 is 15.2 Å². The molecule has 5 rings (SSSR count). The average molecular weight is 545 g/mol. The summed E-state index contributed by atoms with van der Waals surface area (Å²) in [5, 5.41) is 13.5. The van der Waals surface area contributed by atoms with Crippen LogP contribution in [0.15, 0.2) is 42.9 Å². The average Bonchev–Trinajstić information content (AvgIpc) is 3.44. The van der Waals surface area contributed by atoms with Crippen LogP contribution >= 0.6 is 11.3 Å². The predicted molar refractivity (Wildman–Crippen MR) is 138 cm³/mol. The van der Waals surface area contributed by atoms with Crippen LogP contribution in [0.4, 0.5) is 5.82 Å². The Bertz CT molecular complexity index is 1410. The van der Waals surface area contributed by atoms with E-state index in [-0.39, 0.29) is 30.8 Å². The molecule has 3 N–H and O–H groups in total. The first-order valence-corrected chi connectivity index (χ1v) is 14.2. The first-order chi connectivity index (χ1) is 17.8. The summed E-state index contributed by atoms with van der Waals surface area (Å²) < 4.78 is 36.7. The largest absolute Gasteiger partial charge is 0.390 e. The number of aromatic nitrogens is 2. The number of ether oxygens (including phenoxy) is 1. The van der Waals surface area contributed by atoms with Gasteiger partial charge in [0.2, 0.25) is 5.78 Å². The predicted octanol–water partition coefficient (Wildman–Crippen LogP) is 2.52. The summed E-state index contributed by atoms with van der Waals surface area (Å²) in [4.78, 5) is 23.4. The molecule has 0 spiro atoms. The molecule has 1 fully saturated rings. The Morgan fingerprint density at radius 3 is 2.86 bits per heavy atom. The molecule has 1 aromatic carbocycles. The highest BCUT2D eigenvalue weighted by Crippen LogP contribution is 2.38. The molecule has 0 bridgehead atoms. The van der Waals surface area contributed by atoms with Crippen molar-refractivity contribution in [3.05, 3.63) is 74.9 Å². The van der Waals surface area contributed by atoms with Crippen LogP contribution in [-0.2, 0) is 25.6 Å². The van der Waals surface area contributed by atoms with E-state index < -0.39 is 22.5 Å². The van der Waals surface area contributed by atoms with Crippen LogP contribution in [0, 0.1) is 6.92 Å². The Labute approximate surface area is 219 Å². The van der Waals surface area contributed by atoms with Gasteiger partial charge >= 0.3 is 10.3 Å². The van der Waals surface area contributed by atoms with Crippen molar-refractivity contribution in [1.82, 2.24) is 14.7 Å². The molecule has 2 aromatic heterocycles. The number of rotatable bonds is 8. The van der Waals surface area contributed by atoms with E-state index in [1.807, 2.05) is 25.1 Å². The van der Waals surface area contributed by atoms with Gasteiger partial charge in [-0.25, -0.2) is 9.97 Å². The van der Waals surface area contributed by atoms with Crippen molar-refractivity contribution >= 4 is 33.2 Å². The summed E-state index contributed by atoms with van der Waals surface area (Å²) in [6.07, 6.45) is 2.01. The van der Waals surface area contributed by atoms with Crippen LogP contribution < -0.4 is 10.0 Å². The third-order valence-corrected chi connectivity index (χ3v) is 8.79. The maximum Gasteiger partial charge on any atom is 0.335 e. The molecule has 37 heavy (non-hydrogen) atoms. The van der Waals surface area contributed by atoms with Crippen LogP contribution in [0.3, 0.4) is 0 Å². The molecular formula is C25H28N4O6S2. The van der Waals surface area contributed by atoms with Crippen molar-refractivity contribution in [2.24, 2.45) is 0 Å². The first-order valence-electron chi connectivity index (χ1n) is 12.0. The molecule has 196 valence electrons. The smallest absolute Gasteiger partial charge is 0.335 e. The quantitative estimate of drug-likeness (QED) is 0.365. The summed E-state index contributed by atoms with van der Waals surface area (Å²) >= 11 is 1.40. The van der Waals surface area contributed by atoms with Crippen molar-refractivity contribution in [2.45, 2.75) is 50.5 Å². The van der Waals surface area contributed by atoms with Gasteiger partial charge in [-0.1, -0.05) is 24.3 Å². The molecule has 1 aliphatic heterocycles. The highest BCUT2D eigenvalue weighted by atomic mass is 32.2. The van der Waals surface area contributed by atoms with Crippen LogP contribution in [0.1, 0.15) is 55.7 Å². The number of thiophene rings is 1. The number of aliphatic hydroxyl groups excluding tert-OH is 1. The van der Waals surface area contributed by atoms with Gasteiger partial charge in [0, 0.05) is 24.2 Å². The van der Waals surface area contributed by atoms with E-state index in [9.17, 15) is 18.3 Å². The monoisotopic (exact) mass is 544 g/mol. The summed E-state index contributed by atoms with van der Waals surface area (Å²) in [7, 11) is -2.71. The van der Waals surface area contributed by atoms with Crippen molar-refractivity contribution in [3.63, 3.8) is 0 Å². The standard InChI is InChI=1S/C25H28N4O6S2/c1-14-18(24-17-6-4-3-5-15(17)7-8-34-24)11-22(36-14)23(31)19-12-27-13-28-25(19)29-16-9-20(30)21(10-16)35-37(32,33)26-2/h3-6,11-13,16,20-21,24,26,30H,7-10H2,1-2H3,(H,27,28,29)/t16-,20+,21-,24?/m1/s1. The number of benzene rings is 1. The molecule has 0 saturated heterocycles. The topological polar surface area (TPSA) is 140 Å². The van der Waals surface area contributed by atoms with E-state index in [0.717, 1.165) is 22.4 Å². The van der Waals surface area contributed by atoms with E-state index in [2.05, 4.69) is 32.1 Å². The first kappa shape index (κ1) is 25.9. The number of carbonyl (C=O) groups excluding carboxylic acids is 1. The van der Waals surface area contributed by atoms with E-state index in [1.54, 1.807) is 0 Å². The Balaban J connectivity index is 1.36. The maximum atomic E-state index is 13.6. The normalized spacial score (nSPS) is 23.5. The molecule has 4 atom stereocenters. The lowest BCUT2D eigenvalue weighted by Gasteiger charge is -2.26. The lowest BCUT2D eigenvalue weighted by atomic mass is 9.93. The van der Waals surface area contributed by atoms with Gasteiger partial charge in [0.1, 0.15) is 24.4 Å². The molecule has 3 aromatic rings. The number of nitrogens with zero attached hydrogens (tertiary/aromatic N) is 2. The van der Waals surface area contributed by atoms with Crippen LogP contribution in [0.25, 0.3) is 0 Å². The Hall–Kier alpha value is -2.74. The minimum atomic E-state index is -3.95. The number of ketones is 1. The van der Waals surface area contributed by atoms with Gasteiger partial charge in [-0.2, -0.15) is 13.1 Å². The summed E-state index contributed by atoms with van der Waals surface area (Å²) in [6.45, 7) is 2.60. The Kier molecular flexibility index (Phi) is 7.39. The van der Waals surface area contributed by atoms with Crippen molar-refractivity contribution in [2.75, 3.05) is 19.0 Å². The maximum absolute atomic E-state index is 13.6.